The number of nitrogens with zero attached hydrogens (tertiary/aromatic N) is 4. The Morgan fingerprint density at radius 3 is 2.34 bits per heavy atom. The van der Waals surface area contributed by atoms with Gasteiger partial charge in [0.25, 0.3) is 0 Å². The van der Waals surface area contributed by atoms with Crippen molar-refractivity contribution in [1.29, 1.82) is 0 Å². The highest BCUT2D eigenvalue weighted by molar-refractivity contribution is 7.14. The van der Waals surface area contributed by atoms with Gasteiger partial charge in [0.2, 0.25) is 11.8 Å². The predicted molar refractivity (Wildman–Crippen MR) is 143 cm³/mol. The molecule has 6 nitrogen and oxygen atoms in total. The number of hydrogen-bond acceptors (Lipinski definition) is 5. The first-order valence-corrected chi connectivity index (χ1v) is 12.9. The Bertz CT molecular complexity index is 1160. The fourth-order valence-corrected chi connectivity index (χ4v) is 4.97. The van der Waals surface area contributed by atoms with E-state index in [0.717, 1.165) is 25.3 Å². The van der Waals surface area contributed by atoms with Crippen LogP contribution >= 0.6 is 11.3 Å². The summed E-state index contributed by atoms with van der Waals surface area (Å²) in [6, 6.07) is 18.3. The summed E-state index contributed by atoms with van der Waals surface area (Å²) >= 11 is 1.38. The zero-order chi connectivity index (χ0) is 24.8. The van der Waals surface area contributed by atoms with Crippen LogP contribution in [0.1, 0.15) is 43.5 Å². The number of carbonyl (C=O) groups excluding carboxylic acids is 2. The molecule has 0 N–H and O–H groups in total. The molecule has 1 aliphatic rings. The first kappa shape index (κ1) is 24.8. The Hall–Kier alpha value is -3.29. The average molecular weight is 489 g/mol. The number of para-hydroxylation sites is 1. The SMILES string of the molecule is CC(=O)N(c1ccccc1)c1nc(/C=C/C(=O)N2CCN(Cc3ccc(C(C)C)cc3)CC2)cs1. The first-order chi connectivity index (χ1) is 16.9. The summed E-state index contributed by atoms with van der Waals surface area (Å²) in [5, 5.41) is 2.45. The molecule has 182 valence electrons. The van der Waals surface area contributed by atoms with Crippen LogP contribution in [-0.2, 0) is 16.1 Å². The molecular weight excluding hydrogens is 456 g/mol. The van der Waals surface area contributed by atoms with Gasteiger partial charge < -0.3 is 4.90 Å². The van der Waals surface area contributed by atoms with E-state index in [0.29, 0.717) is 29.8 Å². The topological polar surface area (TPSA) is 56.8 Å². The van der Waals surface area contributed by atoms with Gasteiger partial charge in [-0.3, -0.25) is 19.4 Å². The molecule has 2 heterocycles. The lowest BCUT2D eigenvalue weighted by atomic mass is 10.0. The number of aromatic nitrogens is 1. The van der Waals surface area contributed by atoms with E-state index in [1.165, 1.54) is 29.4 Å². The highest BCUT2D eigenvalue weighted by atomic mass is 32.1. The second-order valence-corrected chi connectivity index (χ2v) is 9.91. The molecule has 3 aromatic rings. The predicted octanol–water partition coefficient (Wildman–Crippen LogP) is 5.31. The van der Waals surface area contributed by atoms with Gasteiger partial charge in [0.1, 0.15) is 0 Å². The Labute approximate surface area is 211 Å². The van der Waals surface area contributed by atoms with E-state index in [1.807, 2.05) is 40.6 Å². The molecule has 0 saturated carbocycles. The number of amides is 2. The van der Waals surface area contributed by atoms with Crippen molar-refractivity contribution in [2.24, 2.45) is 0 Å². The van der Waals surface area contributed by atoms with Gasteiger partial charge in [-0.25, -0.2) is 4.98 Å². The summed E-state index contributed by atoms with van der Waals surface area (Å²) in [6.45, 7) is 9.98. The molecule has 2 aromatic carbocycles. The van der Waals surface area contributed by atoms with Crippen molar-refractivity contribution in [3.8, 4) is 0 Å². The van der Waals surface area contributed by atoms with E-state index in [9.17, 15) is 9.59 Å². The van der Waals surface area contributed by atoms with Gasteiger partial charge in [-0.15, -0.1) is 11.3 Å². The minimum Gasteiger partial charge on any atom is -0.337 e. The molecule has 35 heavy (non-hydrogen) atoms. The van der Waals surface area contributed by atoms with E-state index in [1.54, 1.807) is 17.1 Å². The van der Waals surface area contributed by atoms with Crippen molar-refractivity contribution >= 4 is 40.0 Å². The lowest BCUT2D eigenvalue weighted by Crippen LogP contribution is -2.47. The minimum absolute atomic E-state index is 0.00744. The number of benzene rings is 2. The smallest absolute Gasteiger partial charge is 0.246 e. The normalized spacial score (nSPS) is 14.6. The first-order valence-electron chi connectivity index (χ1n) is 12.0. The minimum atomic E-state index is -0.106. The standard InChI is InChI=1S/C28H32N4O2S/c1-21(2)24-11-9-23(10-12-24)19-30-15-17-31(18-16-30)27(34)14-13-25-20-35-28(29-25)32(22(3)33)26-7-5-4-6-8-26/h4-14,20-21H,15-19H2,1-3H3/b14-13+. The van der Waals surface area contributed by atoms with Crippen molar-refractivity contribution in [3.05, 3.63) is 82.9 Å². The Morgan fingerprint density at radius 1 is 1.03 bits per heavy atom. The molecule has 1 fully saturated rings. The van der Waals surface area contributed by atoms with Crippen molar-refractivity contribution in [3.63, 3.8) is 0 Å². The fraction of sp³-hybridized carbons (Fsp3) is 0.321. The van der Waals surface area contributed by atoms with E-state index >= 15 is 0 Å². The number of anilines is 2. The number of piperazine rings is 1. The molecule has 7 heteroatoms. The molecule has 4 rings (SSSR count). The second kappa shape index (κ2) is 11.4. The Morgan fingerprint density at radius 2 is 1.71 bits per heavy atom. The summed E-state index contributed by atoms with van der Waals surface area (Å²) in [5.74, 6) is 0.428. The Balaban J connectivity index is 1.30. The van der Waals surface area contributed by atoms with Crippen LogP contribution in [0.2, 0.25) is 0 Å². The molecular formula is C28H32N4O2S. The largest absolute Gasteiger partial charge is 0.337 e. The van der Waals surface area contributed by atoms with Crippen LogP contribution in [0.15, 0.2) is 66.1 Å². The fourth-order valence-electron chi connectivity index (χ4n) is 4.11. The molecule has 1 aliphatic heterocycles. The molecule has 0 radical (unpaired) electrons. The van der Waals surface area contributed by atoms with Gasteiger partial charge >= 0.3 is 0 Å². The Kier molecular flexibility index (Phi) is 8.10. The van der Waals surface area contributed by atoms with Crippen LogP contribution in [0.4, 0.5) is 10.8 Å². The summed E-state index contributed by atoms with van der Waals surface area (Å²) in [6.07, 6.45) is 3.31. The maximum atomic E-state index is 12.7. The van der Waals surface area contributed by atoms with Crippen LogP contribution in [0.3, 0.4) is 0 Å². The molecule has 0 aliphatic carbocycles. The monoisotopic (exact) mass is 488 g/mol. The second-order valence-electron chi connectivity index (χ2n) is 9.08. The molecule has 2 amide bonds. The van der Waals surface area contributed by atoms with Gasteiger partial charge in [0, 0.05) is 51.1 Å². The van der Waals surface area contributed by atoms with Crippen LogP contribution in [0, 0.1) is 0 Å². The summed E-state index contributed by atoms with van der Waals surface area (Å²) in [5.41, 5.74) is 4.11. The van der Waals surface area contributed by atoms with E-state index in [-0.39, 0.29) is 11.8 Å². The van der Waals surface area contributed by atoms with Crippen LogP contribution in [-0.4, -0.2) is 52.8 Å². The summed E-state index contributed by atoms with van der Waals surface area (Å²) in [4.78, 5) is 35.4. The van der Waals surface area contributed by atoms with Crippen molar-refractivity contribution in [2.45, 2.75) is 33.2 Å². The third-order valence-corrected chi connectivity index (χ3v) is 7.01. The molecule has 0 atom stereocenters. The van der Waals surface area contributed by atoms with Gasteiger partial charge in [-0.1, -0.05) is 56.3 Å². The van der Waals surface area contributed by atoms with Gasteiger partial charge in [0.15, 0.2) is 5.13 Å². The number of thiazole rings is 1. The highest BCUT2D eigenvalue weighted by Gasteiger charge is 2.20. The molecule has 0 bridgehead atoms. The molecule has 1 aromatic heterocycles. The van der Waals surface area contributed by atoms with E-state index < -0.39 is 0 Å². The molecule has 1 saturated heterocycles. The summed E-state index contributed by atoms with van der Waals surface area (Å²) in [7, 11) is 0. The maximum Gasteiger partial charge on any atom is 0.246 e. The van der Waals surface area contributed by atoms with E-state index in [4.69, 9.17) is 0 Å². The molecule has 0 spiro atoms. The molecule has 0 unspecified atom stereocenters. The average Bonchev–Trinajstić information content (AvgIpc) is 3.32. The third-order valence-electron chi connectivity index (χ3n) is 6.16. The van der Waals surface area contributed by atoms with Gasteiger partial charge in [-0.2, -0.15) is 0 Å². The van der Waals surface area contributed by atoms with Gasteiger partial charge in [-0.05, 0) is 35.3 Å². The summed E-state index contributed by atoms with van der Waals surface area (Å²) < 4.78 is 0. The van der Waals surface area contributed by atoms with Crippen molar-refractivity contribution in [1.82, 2.24) is 14.8 Å². The zero-order valence-electron chi connectivity index (χ0n) is 20.6. The van der Waals surface area contributed by atoms with Crippen molar-refractivity contribution < 1.29 is 9.59 Å². The van der Waals surface area contributed by atoms with Crippen LogP contribution < -0.4 is 4.90 Å². The lowest BCUT2D eigenvalue weighted by Gasteiger charge is -2.34. The van der Waals surface area contributed by atoms with Crippen LogP contribution in [0.25, 0.3) is 6.08 Å². The maximum absolute atomic E-state index is 12.7. The number of carbonyl (C=O) groups is 2. The third kappa shape index (κ3) is 6.44. The quantitative estimate of drug-likeness (QED) is 0.423. The van der Waals surface area contributed by atoms with E-state index in [2.05, 4.69) is 48.0 Å². The van der Waals surface area contributed by atoms with Crippen LogP contribution in [0.5, 0.6) is 0 Å². The number of rotatable bonds is 7. The van der Waals surface area contributed by atoms with Gasteiger partial charge in [0.05, 0.1) is 11.4 Å². The number of hydrogen-bond donors (Lipinski definition) is 0. The van der Waals surface area contributed by atoms with Crippen molar-refractivity contribution in [2.75, 3.05) is 31.1 Å². The highest BCUT2D eigenvalue weighted by Crippen LogP contribution is 2.29. The zero-order valence-corrected chi connectivity index (χ0v) is 21.4. The lowest BCUT2D eigenvalue weighted by molar-refractivity contribution is -0.127.